The van der Waals surface area contributed by atoms with E-state index >= 15 is 0 Å². The van der Waals surface area contributed by atoms with E-state index in [0.29, 0.717) is 38.0 Å². The summed E-state index contributed by atoms with van der Waals surface area (Å²) in [6.45, 7) is 0.507. The molecule has 1 saturated carbocycles. The van der Waals surface area contributed by atoms with Crippen molar-refractivity contribution in [3.63, 3.8) is 0 Å². The number of fused-ring (bicyclic) bond motifs is 3. The average Bonchev–Trinajstić information content (AvgIpc) is 2.58. The fraction of sp³-hybridized carbons (Fsp3) is 0.588. The lowest BCUT2D eigenvalue weighted by atomic mass is 9.63. The third-order valence-corrected chi connectivity index (χ3v) is 5.31. The van der Waals surface area contributed by atoms with Gasteiger partial charge < -0.3 is 19.7 Å². The molecule has 1 aromatic carbocycles. The van der Waals surface area contributed by atoms with Crippen molar-refractivity contribution in [1.29, 1.82) is 0 Å². The van der Waals surface area contributed by atoms with Crippen LogP contribution in [0.3, 0.4) is 0 Å². The van der Waals surface area contributed by atoms with Gasteiger partial charge in [-0.3, -0.25) is 0 Å². The number of carbonyl (C=O) groups is 1. The molecule has 3 aliphatic rings. The van der Waals surface area contributed by atoms with Gasteiger partial charge in [-0.2, -0.15) is 4.39 Å². The number of benzene rings is 1. The van der Waals surface area contributed by atoms with E-state index in [9.17, 15) is 18.7 Å². The zero-order chi connectivity index (χ0) is 17.4. The Morgan fingerprint density at radius 2 is 1.96 bits per heavy atom. The Bertz CT molecular complexity index is 598. The first-order chi connectivity index (χ1) is 11.4. The minimum atomic E-state index is -1.24. The number of phenols is 1. The highest BCUT2D eigenvalue weighted by Gasteiger charge is 2.50. The number of rotatable bonds is 6. The fourth-order valence-electron chi connectivity index (χ4n) is 3.74. The van der Waals surface area contributed by atoms with Crippen molar-refractivity contribution in [2.75, 3.05) is 19.8 Å². The molecule has 2 N–H and O–H groups in total. The Hall–Kier alpha value is -1.73. The van der Waals surface area contributed by atoms with Crippen LogP contribution in [0.4, 0.5) is 8.78 Å². The highest BCUT2D eigenvalue weighted by Crippen LogP contribution is 2.55. The fourth-order valence-corrected chi connectivity index (χ4v) is 3.74. The van der Waals surface area contributed by atoms with Crippen molar-refractivity contribution in [2.24, 2.45) is 5.41 Å². The quantitative estimate of drug-likeness (QED) is 0.778. The van der Waals surface area contributed by atoms with Crippen LogP contribution in [0.5, 0.6) is 5.75 Å². The molecular weight excluding hydrogens is 322 g/mol. The van der Waals surface area contributed by atoms with E-state index in [0.717, 1.165) is 18.9 Å². The number of carboxylic acids is 1. The van der Waals surface area contributed by atoms with Gasteiger partial charge in [-0.05, 0) is 55.2 Å². The van der Waals surface area contributed by atoms with Crippen molar-refractivity contribution >= 4 is 5.97 Å². The van der Waals surface area contributed by atoms with E-state index in [1.165, 1.54) is 6.07 Å². The predicted octanol–water partition coefficient (Wildman–Crippen LogP) is 2.95. The van der Waals surface area contributed by atoms with Crippen LogP contribution in [-0.4, -0.2) is 36.0 Å². The number of carboxylic acid groups (broad SMARTS) is 1. The molecule has 3 fully saturated rings. The van der Waals surface area contributed by atoms with Gasteiger partial charge in [0.15, 0.2) is 17.4 Å². The number of aromatic hydroxyl groups is 1. The van der Waals surface area contributed by atoms with Gasteiger partial charge in [0.25, 0.3) is 0 Å². The Morgan fingerprint density at radius 1 is 1.25 bits per heavy atom. The largest absolute Gasteiger partial charge is 0.505 e. The molecule has 1 aliphatic carbocycles. The number of hydrogen-bond acceptors (Lipinski definition) is 4. The monoisotopic (exact) mass is 342 g/mol. The van der Waals surface area contributed by atoms with Crippen LogP contribution >= 0.6 is 0 Å². The van der Waals surface area contributed by atoms with Crippen molar-refractivity contribution in [3.8, 4) is 5.75 Å². The van der Waals surface area contributed by atoms with Crippen molar-refractivity contribution in [2.45, 2.75) is 37.7 Å². The Morgan fingerprint density at radius 3 is 2.50 bits per heavy atom. The maximum atomic E-state index is 13.6. The predicted molar refractivity (Wildman–Crippen MR) is 79.6 cm³/mol. The van der Waals surface area contributed by atoms with E-state index in [1.54, 1.807) is 0 Å². The van der Waals surface area contributed by atoms with Crippen LogP contribution in [0.1, 0.15) is 37.7 Å². The second-order valence-electron chi connectivity index (χ2n) is 6.77. The van der Waals surface area contributed by atoms with Crippen molar-refractivity contribution in [3.05, 3.63) is 29.3 Å². The smallest absolute Gasteiger partial charge is 0.329 e. The molecule has 24 heavy (non-hydrogen) atoms. The summed E-state index contributed by atoms with van der Waals surface area (Å²) in [5.74, 6) is -4.01. The SMILES string of the molecule is O=C(O)COCCC12CCC(c3cc(O)c(F)c(F)c3)(CC1)OC2. The molecule has 1 aromatic rings. The maximum Gasteiger partial charge on any atom is 0.329 e. The van der Waals surface area contributed by atoms with Crippen molar-refractivity contribution in [1.82, 2.24) is 0 Å². The molecule has 0 aromatic heterocycles. The highest BCUT2D eigenvalue weighted by molar-refractivity contribution is 5.67. The Labute approximate surface area is 138 Å². The minimum absolute atomic E-state index is 0.0547. The Kier molecular flexibility index (Phi) is 4.48. The zero-order valence-corrected chi connectivity index (χ0v) is 13.2. The second kappa shape index (κ2) is 6.29. The lowest BCUT2D eigenvalue weighted by Gasteiger charge is -2.53. The van der Waals surface area contributed by atoms with E-state index in [2.05, 4.69) is 0 Å². The van der Waals surface area contributed by atoms with E-state index in [4.69, 9.17) is 14.6 Å². The summed E-state index contributed by atoms with van der Waals surface area (Å²) in [6, 6.07) is 2.34. The third kappa shape index (κ3) is 3.10. The zero-order valence-electron chi connectivity index (χ0n) is 13.2. The van der Waals surface area contributed by atoms with Crippen LogP contribution < -0.4 is 0 Å². The standard InChI is InChI=1S/C17H20F2O5/c18-12-7-11(8-13(20)15(12)19)17-3-1-16(2-4-17,10-24-17)5-6-23-9-14(21)22/h7-8,20H,1-6,9-10H2,(H,21,22). The van der Waals surface area contributed by atoms with E-state index in [-0.39, 0.29) is 12.0 Å². The highest BCUT2D eigenvalue weighted by atomic mass is 19.2. The molecule has 2 heterocycles. The molecule has 0 atom stereocenters. The van der Waals surface area contributed by atoms with Gasteiger partial charge in [-0.15, -0.1) is 0 Å². The molecular formula is C17H20F2O5. The number of hydrogen-bond donors (Lipinski definition) is 2. The summed E-state index contributed by atoms with van der Waals surface area (Å²) in [6.07, 6.45) is 3.68. The van der Waals surface area contributed by atoms with Gasteiger partial charge in [0, 0.05) is 6.61 Å². The maximum absolute atomic E-state index is 13.6. The first-order valence-electron chi connectivity index (χ1n) is 7.98. The summed E-state index contributed by atoms with van der Waals surface area (Å²) >= 11 is 0. The van der Waals surface area contributed by atoms with Crippen LogP contribution in [0, 0.1) is 17.0 Å². The lowest BCUT2D eigenvalue weighted by molar-refractivity contribution is -0.194. The van der Waals surface area contributed by atoms with Gasteiger partial charge in [-0.25, -0.2) is 9.18 Å². The van der Waals surface area contributed by atoms with Gasteiger partial charge in [0.05, 0.1) is 12.2 Å². The van der Waals surface area contributed by atoms with Gasteiger partial charge in [-0.1, -0.05) is 0 Å². The second-order valence-corrected chi connectivity index (χ2v) is 6.77. The van der Waals surface area contributed by atoms with Crippen LogP contribution in [0.25, 0.3) is 0 Å². The van der Waals surface area contributed by atoms with E-state index < -0.39 is 29.0 Å². The molecule has 0 amide bonds. The molecule has 2 saturated heterocycles. The summed E-state index contributed by atoms with van der Waals surface area (Å²) in [5.41, 5.74) is -0.273. The van der Waals surface area contributed by atoms with E-state index in [1.807, 2.05) is 0 Å². The first-order valence-corrected chi connectivity index (χ1v) is 7.98. The summed E-state index contributed by atoms with van der Waals surface area (Å²) in [4.78, 5) is 10.5. The molecule has 2 aliphatic heterocycles. The Balaban J connectivity index is 1.66. The summed E-state index contributed by atoms with van der Waals surface area (Å²) in [7, 11) is 0. The third-order valence-electron chi connectivity index (χ3n) is 5.31. The molecule has 2 bridgehead atoms. The topological polar surface area (TPSA) is 76.0 Å². The summed E-state index contributed by atoms with van der Waals surface area (Å²) in [5, 5.41) is 18.1. The molecule has 0 unspecified atom stereocenters. The molecule has 0 radical (unpaired) electrons. The molecule has 7 heteroatoms. The molecule has 0 spiro atoms. The number of aliphatic carboxylic acids is 1. The molecule has 4 rings (SSSR count). The van der Waals surface area contributed by atoms with Gasteiger partial charge >= 0.3 is 5.97 Å². The van der Waals surface area contributed by atoms with Crippen LogP contribution in [0.2, 0.25) is 0 Å². The number of ether oxygens (including phenoxy) is 2. The lowest BCUT2D eigenvalue weighted by Crippen LogP contribution is -2.49. The van der Waals surface area contributed by atoms with Crippen LogP contribution in [-0.2, 0) is 19.9 Å². The molecule has 132 valence electrons. The number of halogens is 2. The van der Waals surface area contributed by atoms with Gasteiger partial charge in [0.1, 0.15) is 6.61 Å². The average molecular weight is 342 g/mol. The normalized spacial score (nSPS) is 28.9. The number of phenolic OH excluding ortho intramolecular Hbond substituents is 1. The first kappa shape index (κ1) is 17.1. The van der Waals surface area contributed by atoms with Gasteiger partial charge in [0.2, 0.25) is 0 Å². The summed E-state index contributed by atoms with van der Waals surface area (Å²) < 4.78 is 38.0. The minimum Gasteiger partial charge on any atom is -0.505 e. The molecule has 5 nitrogen and oxygen atoms in total. The van der Waals surface area contributed by atoms with Crippen molar-refractivity contribution < 1.29 is 33.3 Å². The van der Waals surface area contributed by atoms with Crippen LogP contribution in [0.15, 0.2) is 12.1 Å².